The van der Waals surface area contributed by atoms with Crippen molar-refractivity contribution in [1.29, 1.82) is 0 Å². The van der Waals surface area contributed by atoms with Crippen LogP contribution in [0.5, 0.6) is 5.75 Å². The Balaban J connectivity index is 1.70. The second kappa shape index (κ2) is 12.8. The number of sulfonamides is 1. The summed E-state index contributed by atoms with van der Waals surface area (Å²) in [5.74, 6) is 0.359. The molecular formula is C27H37N3O5S. The van der Waals surface area contributed by atoms with Gasteiger partial charge in [0.05, 0.1) is 19.1 Å². The molecule has 2 amide bonds. The Morgan fingerprint density at radius 1 is 1.06 bits per heavy atom. The van der Waals surface area contributed by atoms with Crippen LogP contribution in [0.3, 0.4) is 0 Å². The van der Waals surface area contributed by atoms with E-state index >= 15 is 0 Å². The maximum atomic E-state index is 13.4. The van der Waals surface area contributed by atoms with Gasteiger partial charge in [0.15, 0.2) is 0 Å². The molecule has 0 saturated heterocycles. The Hall–Kier alpha value is -3.07. The molecule has 3 rings (SSSR count). The average molecular weight is 516 g/mol. The van der Waals surface area contributed by atoms with Gasteiger partial charge in [0, 0.05) is 25.6 Å². The Kier molecular flexibility index (Phi) is 9.75. The van der Waals surface area contributed by atoms with Crippen LogP contribution in [0.15, 0.2) is 54.6 Å². The molecule has 1 fully saturated rings. The van der Waals surface area contributed by atoms with Crippen LogP contribution in [0, 0.1) is 0 Å². The molecule has 8 nitrogen and oxygen atoms in total. The van der Waals surface area contributed by atoms with Gasteiger partial charge in [0.25, 0.3) is 0 Å². The highest BCUT2D eigenvalue weighted by molar-refractivity contribution is 7.92. The number of amides is 2. The third-order valence-electron chi connectivity index (χ3n) is 6.58. The second-order valence-corrected chi connectivity index (χ2v) is 11.2. The first-order chi connectivity index (χ1) is 17.2. The Morgan fingerprint density at radius 3 is 2.28 bits per heavy atom. The summed E-state index contributed by atoms with van der Waals surface area (Å²) in [4.78, 5) is 28.0. The predicted octanol–water partition coefficient (Wildman–Crippen LogP) is 3.72. The van der Waals surface area contributed by atoms with E-state index in [0.29, 0.717) is 17.9 Å². The highest BCUT2D eigenvalue weighted by atomic mass is 32.2. The highest BCUT2D eigenvalue weighted by Gasteiger charge is 2.28. The van der Waals surface area contributed by atoms with E-state index in [0.717, 1.165) is 37.5 Å². The molecule has 1 unspecified atom stereocenters. The van der Waals surface area contributed by atoms with Crippen molar-refractivity contribution >= 4 is 27.5 Å². The topological polar surface area (TPSA) is 96.0 Å². The second-order valence-electron chi connectivity index (χ2n) is 9.31. The van der Waals surface area contributed by atoms with Gasteiger partial charge in [-0.3, -0.25) is 13.9 Å². The van der Waals surface area contributed by atoms with Crippen LogP contribution in [0.2, 0.25) is 0 Å². The molecule has 0 bridgehead atoms. The fourth-order valence-electron chi connectivity index (χ4n) is 4.50. The van der Waals surface area contributed by atoms with E-state index in [1.165, 1.54) is 4.31 Å². The molecule has 1 atom stereocenters. The molecule has 0 spiro atoms. The Labute approximate surface area is 214 Å². The number of rotatable bonds is 12. The standard InChI is InChI=1S/C27H37N3O5S/c1-21(27(32)28-23-10-7-8-11-23)29(20-22-15-17-25(35-2)18-16-22)26(31)14-9-19-30(36(3,33)34)24-12-5-4-6-13-24/h4-6,12-13,15-18,21,23H,7-11,14,19-20H2,1-3H3,(H,28,32). The van der Waals surface area contributed by atoms with Gasteiger partial charge in [-0.25, -0.2) is 8.42 Å². The van der Waals surface area contributed by atoms with Gasteiger partial charge in [0.2, 0.25) is 21.8 Å². The van der Waals surface area contributed by atoms with Crippen LogP contribution in [0.25, 0.3) is 0 Å². The van der Waals surface area contributed by atoms with Gasteiger partial charge in [-0.15, -0.1) is 0 Å². The minimum absolute atomic E-state index is 0.121. The normalized spacial score (nSPS) is 14.8. The lowest BCUT2D eigenvalue weighted by molar-refractivity contribution is -0.141. The molecule has 196 valence electrons. The summed E-state index contributed by atoms with van der Waals surface area (Å²) < 4.78 is 31.3. The first kappa shape index (κ1) is 27.5. The first-order valence-corrected chi connectivity index (χ1v) is 14.3. The number of anilines is 1. The fraction of sp³-hybridized carbons (Fsp3) is 0.481. The molecule has 0 heterocycles. The van der Waals surface area contributed by atoms with Crippen molar-refractivity contribution in [2.45, 2.75) is 64.1 Å². The molecule has 1 saturated carbocycles. The number of nitrogens with one attached hydrogen (secondary N) is 1. The van der Waals surface area contributed by atoms with E-state index in [4.69, 9.17) is 4.74 Å². The van der Waals surface area contributed by atoms with Crippen molar-refractivity contribution in [2.75, 3.05) is 24.2 Å². The maximum absolute atomic E-state index is 13.4. The molecule has 2 aromatic carbocycles. The summed E-state index contributed by atoms with van der Waals surface area (Å²) in [6, 6.07) is 15.7. The van der Waals surface area contributed by atoms with Gasteiger partial charge in [0.1, 0.15) is 11.8 Å². The van der Waals surface area contributed by atoms with Crippen molar-refractivity contribution in [3.05, 3.63) is 60.2 Å². The smallest absolute Gasteiger partial charge is 0.242 e. The summed E-state index contributed by atoms with van der Waals surface area (Å²) in [5, 5.41) is 3.09. The molecule has 1 aliphatic carbocycles. The third kappa shape index (κ3) is 7.71. The number of ether oxygens (including phenoxy) is 1. The highest BCUT2D eigenvalue weighted by Crippen LogP contribution is 2.21. The minimum atomic E-state index is -3.50. The largest absolute Gasteiger partial charge is 0.497 e. The van der Waals surface area contributed by atoms with Gasteiger partial charge in [-0.1, -0.05) is 43.2 Å². The molecular weight excluding hydrogens is 478 g/mol. The number of benzene rings is 2. The number of hydrogen-bond acceptors (Lipinski definition) is 5. The summed E-state index contributed by atoms with van der Waals surface area (Å²) in [6.07, 6.45) is 5.75. The first-order valence-electron chi connectivity index (χ1n) is 12.4. The van der Waals surface area contributed by atoms with Crippen LogP contribution >= 0.6 is 0 Å². The zero-order valence-electron chi connectivity index (χ0n) is 21.4. The van der Waals surface area contributed by atoms with E-state index < -0.39 is 16.1 Å². The molecule has 0 aliphatic heterocycles. The Bertz CT molecular complexity index is 1100. The zero-order valence-corrected chi connectivity index (χ0v) is 22.2. The molecule has 1 N–H and O–H groups in total. The van der Waals surface area contributed by atoms with E-state index in [9.17, 15) is 18.0 Å². The molecule has 36 heavy (non-hydrogen) atoms. The van der Waals surface area contributed by atoms with Gasteiger partial charge < -0.3 is 15.0 Å². The van der Waals surface area contributed by atoms with E-state index in [1.807, 2.05) is 30.3 Å². The van der Waals surface area contributed by atoms with E-state index in [1.54, 1.807) is 43.2 Å². The van der Waals surface area contributed by atoms with Gasteiger partial charge in [-0.05, 0) is 56.0 Å². The number of methoxy groups -OCH3 is 1. The predicted molar refractivity (Wildman–Crippen MR) is 141 cm³/mol. The Morgan fingerprint density at radius 2 is 1.69 bits per heavy atom. The van der Waals surface area contributed by atoms with Crippen LogP contribution in [0.4, 0.5) is 5.69 Å². The van der Waals surface area contributed by atoms with Gasteiger partial charge >= 0.3 is 0 Å². The van der Waals surface area contributed by atoms with Crippen LogP contribution in [-0.2, 0) is 26.2 Å². The molecule has 9 heteroatoms. The van der Waals surface area contributed by atoms with Gasteiger partial charge in [-0.2, -0.15) is 0 Å². The summed E-state index contributed by atoms with van der Waals surface area (Å²) in [5.41, 5.74) is 1.44. The summed E-state index contributed by atoms with van der Waals surface area (Å²) in [7, 11) is -1.91. The fourth-order valence-corrected chi connectivity index (χ4v) is 5.47. The number of carbonyl (C=O) groups is 2. The van der Waals surface area contributed by atoms with Crippen LogP contribution in [0.1, 0.15) is 51.0 Å². The van der Waals surface area contributed by atoms with Crippen molar-refractivity contribution in [3.63, 3.8) is 0 Å². The van der Waals surface area contributed by atoms with Crippen molar-refractivity contribution < 1.29 is 22.7 Å². The minimum Gasteiger partial charge on any atom is -0.497 e. The number of carbonyl (C=O) groups excluding carboxylic acids is 2. The zero-order chi connectivity index (χ0) is 26.1. The van der Waals surface area contributed by atoms with E-state index in [-0.39, 0.29) is 37.4 Å². The SMILES string of the molecule is COc1ccc(CN(C(=O)CCCN(c2ccccc2)S(C)(=O)=O)C(C)C(=O)NC2CCCC2)cc1. The van der Waals surface area contributed by atoms with Crippen molar-refractivity contribution in [3.8, 4) is 5.75 Å². The monoisotopic (exact) mass is 515 g/mol. The average Bonchev–Trinajstić information content (AvgIpc) is 3.37. The maximum Gasteiger partial charge on any atom is 0.242 e. The number of para-hydroxylation sites is 1. The van der Waals surface area contributed by atoms with Crippen LogP contribution < -0.4 is 14.4 Å². The van der Waals surface area contributed by atoms with Crippen LogP contribution in [-0.4, -0.2) is 57.1 Å². The molecule has 0 radical (unpaired) electrons. The summed E-state index contributed by atoms with van der Waals surface area (Å²) in [6.45, 7) is 2.20. The molecule has 1 aliphatic rings. The lowest BCUT2D eigenvalue weighted by atomic mass is 10.1. The summed E-state index contributed by atoms with van der Waals surface area (Å²) >= 11 is 0. The quantitative estimate of drug-likeness (QED) is 0.465. The van der Waals surface area contributed by atoms with Crippen molar-refractivity contribution in [1.82, 2.24) is 10.2 Å². The van der Waals surface area contributed by atoms with Crippen molar-refractivity contribution in [2.24, 2.45) is 0 Å². The number of nitrogens with zero attached hydrogens (tertiary/aromatic N) is 2. The molecule has 2 aromatic rings. The van der Waals surface area contributed by atoms with E-state index in [2.05, 4.69) is 5.32 Å². The number of hydrogen-bond donors (Lipinski definition) is 1. The lowest BCUT2D eigenvalue weighted by Crippen LogP contribution is -2.49. The third-order valence-corrected chi connectivity index (χ3v) is 7.77. The molecule has 0 aromatic heterocycles. The lowest BCUT2D eigenvalue weighted by Gasteiger charge is -2.30.